The summed E-state index contributed by atoms with van der Waals surface area (Å²) in [5.74, 6) is 0. The van der Waals surface area contributed by atoms with Crippen molar-refractivity contribution in [1.82, 2.24) is 4.57 Å². The summed E-state index contributed by atoms with van der Waals surface area (Å²) >= 11 is 0. The Morgan fingerprint density at radius 1 is 1.50 bits per heavy atom. The van der Waals surface area contributed by atoms with Gasteiger partial charge >= 0.3 is 0 Å². The molecule has 66 valence electrons. The molecular weight excluding hydrogens is 148 g/mol. The van der Waals surface area contributed by atoms with Gasteiger partial charge in [0.25, 0.3) is 0 Å². The number of anilines is 1. The van der Waals surface area contributed by atoms with Crippen LogP contribution in [0.4, 0.5) is 5.69 Å². The van der Waals surface area contributed by atoms with Gasteiger partial charge in [0, 0.05) is 17.6 Å². The Morgan fingerprint density at radius 2 is 2.08 bits per heavy atom. The van der Waals surface area contributed by atoms with Crippen molar-refractivity contribution in [2.75, 3.05) is 5.73 Å². The SMILES string of the molecule is CC=C(C)n1cc(N)c(C)c1C. The third-order valence-electron chi connectivity index (χ3n) is 2.40. The molecule has 0 spiro atoms. The molecule has 0 aliphatic carbocycles. The number of nitrogen functional groups attached to an aromatic ring is 1. The fourth-order valence-corrected chi connectivity index (χ4v) is 1.23. The van der Waals surface area contributed by atoms with Crippen LogP contribution in [0, 0.1) is 13.8 Å². The summed E-state index contributed by atoms with van der Waals surface area (Å²) in [6.45, 7) is 8.23. The average molecular weight is 164 g/mol. The monoisotopic (exact) mass is 164 g/mol. The lowest BCUT2D eigenvalue weighted by molar-refractivity contribution is 1.02. The maximum atomic E-state index is 5.79. The molecule has 0 atom stereocenters. The molecule has 2 nitrogen and oxygen atoms in total. The molecule has 1 aromatic heterocycles. The molecule has 0 aromatic carbocycles. The summed E-state index contributed by atoms with van der Waals surface area (Å²) in [6, 6.07) is 0. The van der Waals surface area contributed by atoms with E-state index in [-0.39, 0.29) is 0 Å². The summed E-state index contributed by atoms with van der Waals surface area (Å²) in [4.78, 5) is 0. The minimum Gasteiger partial charge on any atom is -0.397 e. The first-order chi connectivity index (χ1) is 5.57. The van der Waals surface area contributed by atoms with Crippen LogP contribution in [0.1, 0.15) is 25.1 Å². The lowest BCUT2D eigenvalue weighted by Gasteiger charge is -2.04. The van der Waals surface area contributed by atoms with E-state index < -0.39 is 0 Å². The molecule has 0 amide bonds. The Bertz CT molecular complexity index is 319. The minimum absolute atomic E-state index is 0.869. The molecule has 2 N–H and O–H groups in total. The van der Waals surface area contributed by atoms with Gasteiger partial charge in [0.1, 0.15) is 0 Å². The highest BCUT2D eigenvalue weighted by Gasteiger charge is 2.05. The molecule has 0 saturated carbocycles. The van der Waals surface area contributed by atoms with Gasteiger partial charge in [0.15, 0.2) is 0 Å². The van der Waals surface area contributed by atoms with Gasteiger partial charge in [0.05, 0.1) is 5.69 Å². The van der Waals surface area contributed by atoms with Gasteiger partial charge < -0.3 is 10.3 Å². The van der Waals surface area contributed by atoms with Gasteiger partial charge in [-0.1, -0.05) is 6.08 Å². The molecule has 1 heterocycles. The highest BCUT2D eigenvalue weighted by molar-refractivity contribution is 5.56. The normalized spacial score (nSPS) is 12.2. The highest BCUT2D eigenvalue weighted by atomic mass is 15.0. The second kappa shape index (κ2) is 3.05. The number of rotatable bonds is 1. The van der Waals surface area contributed by atoms with Crippen molar-refractivity contribution in [2.45, 2.75) is 27.7 Å². The van der Waals surface area contributed by atoms with Gasteiger partial charge in [-0.15, -0.1) is 0 Å². The summed E-state index contributed by atoms with van der Waals surface area (Å²) in [7, 11) is 0. The van der Waals surface area contributed by atoms with Crippen LogP contribution in [0.5, 0.6) is 0 Å². The topological polar surface area (TPSA) is 30.9 Å². The number of nitrogens with two attached hydrogens (primary N) is 1. The van der Waals surface area contributed by atoms with E-state index in [1.165, 1.54) is 17.0 Å². The molecule has 0 aliphatic heterocycles. The number of nitrogens with zero attached hydrogens (tertiary/aromatic N) is 1. The first kappa shape index (κ1) is 8.91. The van der Waals surface area contributed by atoms with Crippen LogP contribution < -0.4 is 5.73 Å². The molecule has 0 unspecified atom stereocenters. The van der Waals surface area contributed by atoms with Crippen LogP contribution in [0.15, 0.2) is 12.3 Å². The molecule has 0 aliphatic rings. The number of hydrogen-bond donors (Lipinski definition) is 1. The van der Waals surface area contributed by atoms with E-state index in [9.17, 15) is 0 Å². The van der Waals surface area contributed by atoms with Crippen molar-refractivity contribution in [3.63, 3.8) is 0 Å². The molecule has 1 rings (SSSR count). The first-order valence-corrected chi connectivity index (χ1v) is 4.15. The third kappa shape index (κ3) is 1.24. The Hall–Kier alpha value is -1.18. The van der Waals surface area contributed by atoms with E-state index in [4.69, 9.17) is 5.73 Å². The minimum atomic E-state index is 0.869. The van der Waals surface area contributed by atoms with Gasteiger partial charge in [-0.05, 0) is 33.3 Å². The predicted octanol–water partition coefficient (Wildman–Crippen LogP) is 2.57. The lowest BCUT2D eigenvalue weighted by Crippen LogP contribution is -1.93. The van der Waals surface area contributed by atoms with Crippen molar-refractivity contribution >= 4 is 11.4 Å². The maximum Gasteiger partial charge on any atom is 0.0530 e. The van der Waals surface area contributed by atoms with E-state index in [0.29, 0.717) is 0 Å². The summed E-state index contributed by atoms with van der Waals surface area (Å²) in [5, 5.41) is 0. The van der Waals surface area contributed by atoms with E-state index >= 15 is 0 Å². The molecule has 0 bridgehead atoms. The summed E-state index contributed by atoms with van der Waals surface area (Å²) < 4.78 is 2.12. The van der Waals surface area contributed by atoms with Crippen LogP contribution in [-0.2, 0) is 0 Å². The number of hydrogen-bond acceptors (Lipinski definition) is 1. The van der Waals surface area contributed by atoms with Crippen molar-refractivity contribution in [3.05, 3.63) is 23.5 Å². The Morgan fingerprint density at radius 3 is 2.42 bits per heavy atom. The van der Waals surface area contributed by atoms with Crippen LogP contribution >= 0.6 is 0 Å². The zero-order valence-corrected chi connectivity index (χ0v) is 8.18. The highest BCUT2D eigenvalue weighted by Crippen LogP contribution is 2.20. The Balaban J connectivity index is 3.27. The molecule has 1 aromatic rings. The quantitative estimate of drug-likeness (QED) is 0.679. The average Bonchev–Trinajstić information content (AvgIpc) is 2.32. The number of allylic oxidation sites excluding steroid dienone is 2. The second-order valence-corrected chi connectivity index (χ2v) is 3.09. The second-order valence-electron chi connectivity index (χ2n) is 3.09. The van der Waals surface area contributed by atoms with E-state index in [2.05, 4.69) is 24.5 Å². The lowest BCUT2D eigenvalue weighted by atomic mass is 10.2. The smallest absolute Gasteiger partial charge is 0.0530 e. The molecule has 12 heavy (non-hydrogen) atoms. The third-order valence-corrected chi connectivity index (χ3v) is 2.40. The molecule has 0 radical (unpaired) electrons. The van der Waals surface area contributed by atoms with Crippen LogP contribution in [0.2, 0.25) is 0 Å². The predicted molar refractivity (Wildman–Crippen MR) is 53.9 cm³/mol. The van der Waals surface area contributed by atoms with Gasteiger partial charge in [-0.3, -0.25) is 0 Å². The van der Waals surface area contributed by atoms with Crippen LogP contribution in [-0.4, -0.2) is 4.57 Å². The fraction of sp³-hybridized carbons (Fsp3) is 0.400. The summed E-state index contributed by atoms with van der Waals surface area (Å²) in [5.41, 5.74) is 10.3. The van der Waals surface area contributed by atoms with Gasteiger partial charge in [0.2, 0.25) is 0 Å². The molecular formula is C10H16N2. The van der Waals surface area contributed by atoms with Crippen LogP contribution in [0.3, 0.4) is 0 Å². The van der Waals surface area contributed by atoms with E-state index in [1.54, 1.807) is 0 Å². The summed E-state index contributed by atoms with van der Waals surface area (Å²) in [6.07, 6.45) is 4.05. The van der Waals surface area contributed by atoms with E-state index in [0.717, 1.165) is 5.69 Å². The van der Waals surface area contributed by atoms with Gasteiger partial charge in [-0.25, -0.2) is 0 Å². The van der Waals surface area contributed by atoms with Crippen molar-refractivity contribution < 1.29 is 0 Å². The van der Waals surface area contributed by atoms with Crippen molar-refractivity contribution in [3.8, 4) is 0 Å². The molecule has 0 fully saturated rings. The van der Waals surface area contributed by atoms with Crippen molar-refractivity contribution in [1.29, 1.82) is 0 Å². The maximum absolute atomic E-state index is 5.79. The zero-order chi connectivity index (χ0) is 9.30. The largest absolute Gasteiger partial charge is 0.397 e. The standard InChI is InChI=1S/C10H16N2/c1-5-7(2)12-6-10(11)8(3)9(12)4/h5-6H,11H2,1-4H3. The van der Waals surface area contributed by atoms with E-state index in [1.807, 2.05) is 20.0 Å². The zero-order valence-electron chi connectivity index (χ0n) is 8.18. The fourth-order valence-electron chi connectivity index (χ4n) is 1.23. The Labute approximate surface area is 73.7 Å². The van der Waals surface area contributed by atoms with Crippen LogP contribution in [0.25, 0.3) is 5.70 Å². The molecule has 0 saturated heterocycles. The Kier molecular flexibility index (Phi) is 2.27. The molecule has 2 heteroatoms. The number of aromatic nitrogens is 1. The van der Waals surface area contributed by atoms with Crippen molar-refractivity contribution in [2.24, 2.45) is 0 Å². The van der Waals surface area contributed by atoms with Gasteiger partial charge in [-0.2, -0.15) is 0 Å². The first-order valence-electron chi connectivity index (χ1n) is 4.15.